The van der Waals surface area contributed by atoms with Gasteiger partial charge in [-0.05, 0) is 37.3 Å². The fourth-order valence-electron chi connectivity index (χ4n) is 3.54. The Kier molecular flexibility index (Phi) is 5.34. The average Bonchev–Trinajstić information content (AvgIpc) is 2.64. The smallest absolute Gasteiger partial charge is 0.227 e. The van der Waals surface area contributed by atoms with Crippen LogP contribution >= 0.6 is 0 Å². The molecule has 1 aliphatic heterocycles. The molecule has 1 atom stereocenters. The minimum atomic E-state index is 0.143. The lowest BCUT2D eigenvalue weighted by Crippen LogP contribution is -2.52. The number of hydrogen-bond donors (Lipinski definition) is 0. The van der Waals surface area contributed by atoms with Gasteiger partial charge in [-0.25, -0.2) is 0 Å². The fourth-order valence-corrected chi connectivity index (χ4v) is 3.54. The second-order valence-electron chi connectivity index (χ2n) is 6.79. The zero-order valence-electron chi connectivity index (χ0n) is 14.4. The molecule has 4 heteroatoms. The van der Waals surface area contributed by atoms with Crippen LogP contribution in [-0.4, -0.2) is 47.8 Å². The summed E-state index contributed by atoms with van der Waals surface area (Å²) in [6.07, 6.45) is 7.56. The molecule has 24 heavy (non-hydrogen) atoms. The second-order valence-corrected chi connectivity index (χ2v) is 6.79. The summed E-state index contributed by atoms with van der Waals surface area (Å²) in [5.74, 6) is 0.576. The standard InChI is InChI=1S/C20H26N2O2/c1-16-7-5-6-10-18(16)15-19(23)21-11-13-22(14-12-21)20(24)17-8-3-2-4-9-17/h2-3,5-7,10,17H,4,8-9,11-15H2,1H3/t17-/m1/s1. The van der Waals surface area contributed by atoms with Gasteiger partial charge in [0, 0.05) is 32.1 Å². The summed E-state index contributed by atoms with van der Waals surface area (Å²) in [7, 11) is 0. The Morgan fingerprint density at radius 3 is 2.42 bits per heavy atom. The molecular formula is C20H26N2O2. The van der Waals surface area contributed by atoms with Crippen LogP contribution in [0.25, 0.3) is 0 Å². The largest absolute Gasteiger partial charge is 0.339 e. The highest BCUT2D eigenvalue weighted by Gasteiger charge is 2.28. The van der Waals surface area contributed by atoms with Crippen LogP contribution in [0, 0.1) is 12.8 Å². The Labute approximate surface area is 144 Å². The lowest BCUT2D eigenvalue weighted by atomic mass is 9.93. The number of nitrogens with zero attached hydrogens (tertiary/aromatic N) is 2. The SMILES string of the molecule is Cc1ccccc1CC(=O)N1CCN(C(=O)[C@@H]2CC=CCC2)CC1. The van der Waals surface area contributed by atoms with Crippen molar-refractivity contribution in [1.29, 1.82) is 0 Å². The van der Waals surface area contributed by atoms with Gasteiger partial charge in [0.1, 0.15) is 0 Å². The lowest BCUT2D eigenvalue weighted by Gasteiger charge is -2.36. The van der Waals surface area contributed by atoms with Crippen LogP contribution < -0.4 is 0 Å². The van der Waals surface area contributed by atoms with E-state index in [0.717, 1.165) is 30.4 Å². The number of hydrogen-bond acceptors (Lipinski definition) is 2. The highest BCUT2D eigenvalue weighted by molar-refractivity contribution is 5.81. The quantitative estimate of drug-likeness (QED) is 0.801. The number of rotatable bonds is 3. The molecule has 128 valence electrons. The Morgan fingerprint density at radius 1 is 1.04 bits per heavy atom. The molecule has 0 N–H and O–H groups in total. The summed E-state index contributed by atoms with van der Waals surface area (Å²) in [5, 5.41) is 0. The van der Waals surface area contributed by atoms with E-state index in [0.29, 0.717) is 32.6 Å². The first kappa shape index (κ1) is 16.7. The molecule has 0 spiro atoms. The maximum atomic E-state index is 12.6. The van der Waals surface area contributed by atoms with E-state index in [1.807, 2.05) is 41.0 Å². The van der Waals surface area contributed by atoms with E-state index >= 15 is 0 Å². The first-order valence-electron chi connectivity index (χ1n) is 8.91. The topological polar surface area (TPSA) is 40.6 Å². The highest BCUT2D eigenvalue weighted by Crippen LogP contribution is 2.21. The third-order valence-electron chi connectivity index (χ3n) is 5.17. The van der Waals surface area contributed by atoms with Crippen LogP contribution in [0.15, 0.2) is 36.4 Å². The number of benzene rings is 1. The van der Waals surface area contributed by atoms with Gasteiger partial charge in [0.2, 0.25) is 11.8 Å². The third-order valence-corrected chi connectivity index (χ3v) is 5.17. The van der Waals surface area contributed by atoms with Gasteiger partial charge >= 0.3 is 0 Å². The average molecular weight is 326 g/mol. The van der Waals surface area contributed by atoms with E-state index in [-0.39, 0.29) is 17.7 Å². The molecule has 1 saturated heterocycles. The highest BCUT2D eigenvalue weighted by atomic mass is 16.2. The molecular weight excluding hydrogens is 300 g/mol. The Bertz CT molecular complexity index is 630. The van der Waals surface area contributed by atoms with Gasteiger partial charge in [-0.3, -0.25) is 9.59 Å². The Hall–Kier alpha value is -2.10. The van der Waals surface area contributed by atoms with Crippen LogP contribution in [0.2, 0.25) is 0 Å². The number of aryl methyl sites for hydroxylation is 1. The second kappa shape index (κ2) is 7.65. The van der Waals surface area contributed by atoms with Crippen LogP contribution in [0.3, 0.4) is 0 Å². The molecule has 0 radical (unpaired) electrons. The molecule has 1 aliphatic carbocycles. The minimum absolute atomic E-state index is 0.143. The van der Waals surface area contributed by atoms with E-state index in [1.54, 1.807) is 0 Å². The van der Waals surface area contributed by atoms with E-state index in [9.17, 15) is 9.59 Å². The molecule has 0 unspecified atom stereocenters. The molecule has 1 heterocycles. The van der Waals surface area contributed by atoms with Gasteiger partial charge in [0.05, 0.1) is 6.42 Å². The first-order chi connectivity index (χ1) is 11.6. The van der Waals surface area contributed by atoms with Crippen LogP contribution in [0.4, 0.5) is 0 Å². The normalized spacial score (nSPS) is 21.0. The van der Waals surface area contributed by atoms with E-state index < -0.39 is 0 Å². The number of allylic oxidation sites excluding steroid dienone is 2. The van der Waals surface area contributed by atoms with Crippen molar-refractivity contribution in [2.24, 2.45) is 5.92 Å². The van der Waals surface area contributed by atoms with Crippen LogP contribution in [0.5, 0.6) is 0 Å². The van der Waals surface area contributed by atoms with Crippen molar-refractivity contribution in [2.45, 2.75) is 32.6 Å². The number of carbonyl (C=O) groups is 2. The Morgan fingerprint density at radius 2 is 1.75 bits per heavy atom. The number of carbonyl (C=O) groups excluding carboxylic acids is 2. The molecule has 3 rings (SSSR count). The fraction of sp³-hybridized carbons (Fsp3) is 0.500. The summed E-state index contributed by atoms with van der Waals surface area (Å²) < 4.78 is 0. The van der Waals surface area contributed by atoms with Gasteiger partial charge in [-0.2, -0.15) is 0 Å². The van der Waals surface area contributed by atoms with Crippen molar-refractivity contribution in [3.05, 3.63) is 47.5 Å². The van der Waals surface area contributed by atoms with E-state index in [2.05, 4.69) is 12.2 Å². The molecule has 1 aromatic carbocycles. The van der Waals surface area contributed by atoms with Gasteiger partial charge in [0.25, 0.3) is 0 Å². The molecule has 0 bridgehead atoms. The van der Waals surface area contributed by atoms with Crippen molar-refractivity contribution in [3.8, 4) is 0 Å². The Balaban J connectivity index is 1.51. The predicted molar refractivity (Wildman–Crippen MR) is 94.5 cm³/mol. The van der Waals surface area contributed by atoms with Crippen molar-refractivity contribution >= 4 is 11.8 Å². The molecule has 2 amide bonds. The molecule has 0 saturated carbocycles. The van der Waals surface area contributed by atoms with Gasteiger partial charge in [-0.15, -0.1) is 0 Å². The zero-order valence-corrected chi connectivity index (χ0v) is 14.4. The first-order valence-corrected chi connectivity index (χ1v) is 8.91. The summed E-state index contributed by atoms with van der Waals surface area (Å²) in [6.45, 7) is 4.67. The van der Waals surface area contributed by atoms with E-state index in [4.69, 9.17) is 0 Å². The molecule has 0 aromatic heterocycles. The minimum Gasteiger partial charge on any atom is -0.339 e. The van der Waals surface area contributed by atoms with Crippen LogP contribution in [0.1, 0.15) is 30.4 Å². The maximum Gasteiger partial charge on any atom is 0.227 e. The summed E-state index contributed by atoms with van der Waals surface area (Å²) >= 11 is 0. The third kappa shape index (κ3) is 3.86. The van der Waals surface area contributed by atoms with Crippen molar-refractivity contribution in [1.82, 2.24) is 9.80 Å². The summed E-state index contributed by atoms with van der Waals surface area (Å²) in [5.41, 5.74) is 2.25. The lowest BCUT2D eigenvalue weighted by molar-refractivity contribution is -0.142. The van der Waals surface area contributed by atoms with Gasteiger partial charge in [-0.1, -0.05) is 36.4 Å². The molecule has 4 nitrogen and oxygen atoms in total. The maximum absolute atomic E-state index is 12.6. The molecule has 2 aliphatic rings. The zero-order chi connectivity index (χ0) is 16.9. The van der Waals surface area contributed by atoms with Gasteiger partial charge < -0.3 is 9.80 Å². The van der Waals surface area contributed by atoms with Crippen molar-refractivity contribution in [2.75, 3.05) is 26.2 Å². The van der Waals surface area contributed by atoms with Crippen LogP contribution in [-0.2, 0) is 16.0 Å². The molecule has 1 fully saturated rings. The number of amides is 2. The summed E-state index contributed by atoms with van der Waals surface area (Å²) in [4.78, 5) is 28.9. The van der Waals surface area contributed by atoms with E-state index in [1.165, 1.54) is 0 Å². The predicted octanol–water partition coefficient (Wildman–Crippen LogP) is 2.56. The number of piperazine rings is 1. The summed E-state index contributed by atoms with van der Waals surface area (Å²) in [6, 6.07) is 8.03. The van der Waals surface area contributed by atoms with Crippen molar-refractivity contribution in [3.63, 3.8) is 0 Å². The molecule has 1 aromatic rings. The van der Waals surface area contributed by atoms with Gasteiger partial charge in [0.15, 0.2) is 0 Å². The van der Waals surface area contributed by atoms with Crippen molar-refractivity contribution < 1.29 is 9.59 Å². The monoisotopic (exact) mass is 326 g/mol.